The lowest BCUT2D eigenvalue weighted by Gasteiger charge is -2.52. The van der Waals surface area contributed by atoms with Crippen molar-refractivity contribution in [1.29, 1.82) is 0 Å². The highest BCUT2D eigenvalue weighted by Gasteiger charge is 2.73. The Kier molecular flexibility index (Phi) is 8.00. The molecule has 0 saturated carbocycles. The van der Waals surface area contributed by atoms with E-state index < -0.39 is 41.3 Å². The summed E-state index contributed by atoms with van der Waals surface area (Å²) in [4.78, 5) is 54.9. The molecule has 3 aromatic carbocycles. The number of hydrogen-bond acceptors (Lipinski definition) is 11. The molecule has 4 aliphatic rings. The van der Waals surface area contributed by atoms with Crippen LogP contribution in [0.3, 0.4) is 0 Å². The maximum Gasteiger partial charge on any atom is 0.414 e. The minimum Gasteiger partial charge on any atom is -0.491 e. The summed E-state index contributed by atoms with van der Waals surface area (Å²) in [5.41, 5.74) is 2.00. The van der Waals surface area contributed by atoms with Crippen LogP contribution < -0.4 is 24.4 Å². The van der Waals surface area contributed by atoms with Crippen LogP contribution in [0.2, 0.25) is 0 Å². The van der Waals surface area contributed by atoms with E-state index in [-0.39, 0.29) is 26.0 Å². The van der Waals surface area contributed by atoms with Gasteiger partial charge in [0.1, 0.15) is 6.61 Å². The van der Waals surface area contributed by atoms with Gasteiger partial charge in [-0.25, -0.2) is 9.59 Å². The predicted octanol–water partition coefficient (Wildman–Crippen LogP) is 4.91. The average molecular weight is 672 g/mol. The van der Waals surface area contributed by atoms with Gasteiger partial charge in [0.25, 0.3) is 0 Å². The molecule has 1 saturated heterocycles. The Labute approximate surface area is 282 Å². The van der Waals surface area contributed by atoms with E-state index in [0.29, 0.717) is 48.0 Å². The number of likely N-dealkylation sites (tertiary alicyclic amines) is 1. The van der Waals surface area contributed by atoms with Crippen molar-refractivity contribution in [3.8, 4) is 17.2 Å². The van der Waals surface area contributed by atoms with Gasteiger partial charge in [-0.15, -0.1) is 0 Å². The van der Waals surface area contributed by atoms with Crippen LogP contribution in [0.4, 0.5) is 21.0 Å². The zero-order valence-corrected chi connectivity index (χ0v) is 27.7. The maximum absolute atomic E-state index is 14.0. The van der Waals surface area contributed by atoms with Gasteiger partial charge >= 0.3 is 24.1 Å². The smallest absolute Gasteiger partial charge is 0.414 e. The summed E-state index contributed by atoms with van der Waals surface area (Å²) in [6, 6.07) is 16.1. The van der Waals surface area contributed by atoms with Crippen molar-refractivity contribution in [2.45, 2.75) is 56.4 Å². The summed E-state index contributed by atoms with van der Waals surface area (Å²) in [6.45, 7) is 2.02. The number of piperidine rings is 1. The Morgan fingerprint density at radius 3 is 2.47 bits per heavy atom. The third-order valence-electron chi connectivity index (χ3n) is 10.0. The molecule has 0 bridgehead atoms. The van der Waals surface area contributed by atoms with Crippen LogP contribution >= 0.6 is 0 Å². The average Bonchev–Trinajstić information content (AvgIpc) is 3.75. The van der Waals surface area contributed by atoms with E-state index in [1.54, 1.807) is 11.0 Å². The third kappa shape index (κ3) is 4.81. The topological polar surface area (TPSA) is 142 Å². The molecule has 13 nitrogen and oxygen atoms in total. The SMILES string of the molecule is COC(=O)CC[C@@H]1N(C(=O)OCc2ccccc2)CC[C@]23c4cccc(OC(C)=O)c4N[C@]12Oc1c3cc2c(c1OC)N(C(=O)OC)CC2. The zero-order valence-electron chi connectivity index (χ0n) is 27.7. The number of anilines is 2. The molecule has 0 aromatic heterocycles. The number of carbonyl (C=O) groups is 4. The normalized spacial score (nSPS) is 22.3. The van der Waals surface area contributed by atoms with Crippen LogP contribution in [0, 0.1) is 0 Å². The van der Waals surface area contributed by atoms with Crippen LogP contribution in [0.1, 0.15) is 48.4 Å². The fraction of sp³-hybridized carbons (Fsp3) is 0.389. The first kappa shape index (κ1) is 32.1. The number of para-hydroxylation sites is 1. The van der Waals surface area contributed by atoms with E-state index in [9.17, 15) is 19.2 Å². The molecule has 256 valence electrons. The second kappa shape index (κ2) is 12.2. The monoisotopic (exact) mass is 671 g/mol. The highest BCUT2D eigenvalue weighted by atomic mass is 16.6. The summed E-state index contributed by atoms with van der Waals surface area (Å²) in [5.74, 6) is 0.106. The summed E-state index contributed by atoms with van der Waals surface area (Å²) in [6.07, 6.45) is -0.0639. The number of amides is 2. The summed E-state index contributed by atoms with van der Waals surface area (Å²) < 4.78 is 34.8. The Morgan fingerprint density at radius 2 is 1.76 bits per heavy atom. The first-order chi connectivity index (χ1) is 23.7. The number of nitrogens with zero attached hydrogens (tertiary/aromatic N) is 2. The molecule has 3 atom stereocenters. The summed E-state index contributed by atoms with van der Waals surface area (Å²) in [5, 5.41) is 3.58. The van der Waals surface area contributed by atoms with Gasteiger partial charge in [-0.3, -0.25) is 19.4 Å². The molecule has 4 aliphatic heterocycles. The Bertz CT molecular complexity index is 1850. The molecule has 0 unspecified atom stereocenters. The molecule has 3 aromatic rings. The number of nitrogens with one attached hydrogen (secondary N) is 1. The quantitative estimate of drug-likeness (QED) is 0.208. The fourth-order valence-corrected chi connectivity index (χ4v) is 8.07. The summed E-state index contributed by atoms with van der Waals surface area (Å²) >= 11 is 0. The fourth-order valence-electron chi connectivity index (χ4n) is 8.07. The van der Waals surface area contributed by atoms with Crippen molar-refractivity contribution in [2.24, 2.45) is 0 Å². The molecular formula is C36H37N3O10. The third-order valence-corrected chi connectivity index (χ3v) is 10.0. The van der Waals surface area contributed by atoms with Gasteiger partial charge in [-0.2, -0.15) is 0 Å². The van der Waals surface area contributed by atoms with E-state index >= 15 is 0 Å². The largest absolute Gasteiger partial charge is 0.491 e. The molecule has 1 N–H and O–H groups in total. The van der Waals surface area contributed by atoms with Crippen molar-refractivity contribution < 1.29 is 47.6 Å². The van der Waals surface area contributed by atoms with E-state index in [4.69, 9.17) is 28.4 Å². The van der Waals surface area contributed by atoms with Gasteiger partial charge in [0.05, 0.1) is 44.2 Å². The van der Waals surface area contributed by atoms with Gasteiger partial charge in [-0.1, -0.05) is 42.5 Å². The molecule has 1 fully saturated rings. The first-order valence-electron chi connectivity index (χ1n) is 16.1. The van der Waals surface area contributed by atoms with Crippen molar-refractivity contribution in [1.82, 2.24) is 4.90 Å². The number of benzene rings is 3. The number of methoxy groups -OCH3 is 3. The van der Waals surface area contributed by atoms with E-state index in [1.807, 2.05) is 48.5 Å². The lowest BCUT2D eigenvalue weighted by molar-refractivity contribution is -0.142. The van der Waals surface area contributed by atoms with E-state index in [1.165, 1.54) is 33.2 Å². The Morgan fingerprint density at radius 1 is 0.959 bits per heavy atom. The van der Waals surface area contributed by atoms with E-state index in [0.717, 1.165) is 22.3 Å². The molecule has 4 heterocycles. The van der Waals surface area contributed by atoms with Crippen LogP contribution in [0.25, 0.3) is 0 Å². The molecule has 0 spiro atoms. The van der Waals surface area contributed by atoms with Gasteiger partial charge in [0.2, 0.25) is 5.72 Å². The van der Waals surface area contributed by atoms with Crippen LogP contribution in [-0.2, 0) is 42.2 Å². The maximum atomic E-state index is 14.0. The van der Waals surface area contributed by atoms with Crippen LogP contribution in [0.15, 0.2) is 54.6 Å². The highest BCUT2D eigenvalue weighted by Crippen LogP contribution is 2.68. The molecule has 49 heavy (non-hydrogen) atoms. The van der Waals surface area contributed by atoms with Crippen molar-refractivity contribution in [2.75, 3.05) is 44.6 Å². The lowest BCUT2D eigenvalue weighted by Crippen LogP contribution is -2.71. The van der Waals surface area contributed by atoms with E-state index in [2.05, 4.69) is 5.32 Å². The Balaban J connectivity index is 1.41. The highest BCUT2D eigenvalue weighted by molar-refractivity contribution is 5.95. The molecule has 13 heteroatoms. The van der Waals surface area contributed by atoms with Crippen molar-refractivity contribution in [3.63, 3.8) is 0 Å². The minimum absolute atomic E-state index is 0.0280. The number of esters is 2. The second-order valence-electron chi connectivity index (χ2n) is 12.4. The minimum atomic E-state index is -1.43. The lowest BCUT2D eigenvalue weighted by atomic mass is 9.63. The van der Waals surface area contributed by atoms with Crippen LogP contribution in [-0.4, -0.2) is 75.2 Å². The van der Waals surface area contributed by atoms with Crippen molar-refractivity contribution in [3.05, 3.63) is 76.9 Å². The number of carbonyl (C=O) groups excluding carboxylic acids is 4. The molecule has 7 rings (SSSR count). The number of fused-ring (bicyclic) bond motifs is 3. The van der Waals surface area contributed by atoms with Gasteiger partial charge in [0.15, 0.2) is 17.2 Å². The zero-order chi connectivity index (χ0) is 34.5. The molecule has 2 amide bonds. The molecule has 0 radical (unpaired) electrons. The van der Waals surface area contributed by atoms with Gasteiger partial charge in [-0.05, 0) is 48.1 Å². The van der Waals surface area contributed by atoms with Gasteiger partial charge in [0, 0.05) is 32.0 Å². The van der Waals surface area contributed by atoms with Crippen molar-refractivity contribution >= 4 is 35.5 Å². The van der Waals surface area contributed by atoms with Gasteiger partial charge < -0.3 is 33.7 Å². The number of hydrogen-bond donors (Lipinski definition) is 1. The molecular weight excluding hydrogens is 634 g/mol. The number of ether oxygens (including phenoxy) is 6. The number of rotatable bonds is 7. The summed E-state index contributed by atoms with van der Waals surface area (Å²) in [7, 11) is 4.16. The second-order valence-corrected chi connectivity index (χ2v) is 12.4. The predicted molar refractivity (Wildman–Crippen MR) is 175 cm³/mol. The molecule has 0 aliphatic carbocycles. The first-order valence-corrected chi connectivity index (χ1v) is 16.1. The standard InChI is InChI=1S/C36H37N3O10/c1-21(40)48-26-12-8-11-24-29(26)37-36-27(13-14-28(41)44-2)38(34(43)47-20-22-9-6-5-7-10-22)18-16-35(24,36)25-19-23-15-17-39(33(42)46-4)30(23)32(45-3)31(25)49-36/h5-12,19,27,37H,13-18,20H2,1-4H3/t27-,35+,36-/m0/s1. The Hall–Kier alpha value is -5.46. The van der Waals surface area contributed by atoms with Crippen LogP contribution in [0.5, 0.6) is 17.2 Å².